The fourth-order valence-corrected chi connectivity index (χ4v) is 1.99. The van der Waals surface area contributed by atoms with Crippen molar-refractivity contribution in [1.29, 1.82) is 5.26 Å². The van der Waals surface area contributed by atoms with Crippen LogP contribution in [-0.4, -0.2) is 11.0 Å². The summed E-state index contributed by atoms with van der Waals surface area (Å²) in [7, 11) is 0. The minimum atomic E-state index is -0.516. The highest BCUT2D eigenvalue weighted by molar-refractivity contribution is 6.06. The predicted molar refractivity (Wildman–Crippen MR) is 90.0 cm³/mol. The average Bonchev–Trinajstić information content (AvgIpc) is 2.51. The number of anilines is 2. The number of hydrogen-bond donors (Lipinski definition) is 3. The van der Waals surface area contributed by atoms with E-state index in [-0.39, 0.29) is 11.3 Å². The third-order valence-electron chi connectivity index (χ3n) is 3.17. The van der Waals surface area contributed by atoms with E-state index in [0.717, 1.165) is 11.1 Å². The summed E-state index contributed by atoms with van der Waals surface area (Å²) in [4.78, 5) is 12.1. The van der Waals surface area contributed by atoms with E-state index >= 15 is 0 Å². The van der Waals surface area contributed by atoms with Crippen LogP contribution < -0.4 is 10.6 Å². The lowest BCUT2D eigenvalue weighted by Gasteiger charge is -2.07. The summed E-state index contributed by atoms with van der Waals surface area (Å²) >= 11 is 0. The molecule has 0 aliphatic heterocycles. The van der Waals surface area contributed by atoms with Crippen molar-refractivity contribution < 1.29 is 9.90 Å². The van der Waals surface area contributed by atoms with Crippen LogP contribution >= 0.6 is 0 Å². The fraction of sp³-hybridized carbons (Fsp3) is 0.111. The Kier molecular flexibility index (Phi) is 5.00. The number of nitrogens with one attached hydrogen (secondary N) is 2. The van der Waals surface area contributed by atoms with Gasteiger partial charge >= 0.3 is 0 Å². The van der Waals surface area contributed by atoms with Gasteiger partial charge in [0.25, 0.3) is 5.91 Å². The summed E-state index contributed by atoms with van der Waals surface area (Å²) in [5.41, 5.74) is 2.91. The number of phenols is 1. The number of phenolic OH excluding ortho intramolecular Hbond substituents is 1. The number of carbonyl (C=O) groups is 1. The van der Waals surface area contributed by atoms with Crippen LogP contribution in [0, 0.1) is 25.2 Å². The van der Waals surface area contributed by atoms with Gasteiger partial charge in [0.05, 0.1) is 5.69 Å². The van der Waals surface area contributed by atoms with Crippen molar-refractivity contribution in [3.8, 4) is 11.8 Å². The molecule has 5 heteroatoms. The molecule has 1 amide bonds. The van der Waals surface area contributed by atoms with Crippen LogP contribution in [0.3, 0.4) is 0 Å². The Balaban J connectivity index is 2.14. The zero-order chi connectivity index (χ0) is 16.8. The van der Waals surface area contributed by atoms with Crippen molar-refractivity contribution in [3.05, 3.63) is 65.4 Å². The number of nitrogens with zero attached hydrogens (tertiary/aromatic N) is 1. The lowest BCUT2D eigenvalue weighted by Crippen LogP contribution is -2.14. The van der Waals surface area contributed by atoms with E-state index in [1.807, 2.05) is 38.1 Å². The highest BCUT2D eigenvalue weighted by Crippen LogP contribution is 2.24. The highest BCUT2D eigenvalue weighted by Gasteiger charge is 2.10. The molecule has 0 saturated heterocycles. The maximum Gasteiger partial charge on any atom is 0.267 e. The van der Waals surface area contributed by atoms with Gasteiger partial charge in [-0.2, -0.15) is 5.26 Å². The minimum absolute atomic E-state index is 0.0447. The van der Waals surface area contributed by atoms with Crippen molar-refractivity contribution in [2.75, 3.05) is 10.6 Å². The number of hydrogen-bond acceptors (Lipinski definition) is 4. The molecule has 5 nitrogen and oxygen atoms in total. The van der Waals surface area contributed by atoms with Gasteiger partial charge in [0.2, 0.25) is 0 Å². The first-order chi connectivity index (χ1) is 11.0. The number of aromatic hydroxyl groups is 1. The molecule has 0 radical (unpaired) electrons. The zero-order valence-corrected chi connectivity index (χ0v) is 12.9. The van der Waals surface area contributed by atoms with Crippen LogP contribution in [0.25, 0.3) is 0 Å². The van der Waals surface area contributed by atoms with Crippen molar-refractivity contribution in [2.45, 2.75) is 13.8 Å². The van der Waals surface area contributed by atoms with Crippen molar-refractivity contribution in [1.82, 2.24) is 0 Å². The normalized spacial score (nSPS) is 10.7. The maximum absolute atomic E-state index is 12.1. The highest BCUT2D eigenvalue weighted by atomic mass is 16.3. The van der Waals surface area contributed by atoms with Gasteiger partial charge in [-0.3, -0.25) is 4.79 Å². The van der Waals surface area contributed by atoms with Crippen LogP contribution in [0.2, 0.25) is 0 Å². The Morgan fingerprint density at radius 1 is 1.17 bits per heavy atom. The van der Waals surface area contributed by atoms with Gasteiger partial charge in [0.1, 0.15) is 17.4 Å². The van der Waals surface area contributed by atoms with Gasteiger partial charge in [-0.1, -0.05) is 18.2 Å². The van der Waals surface area contributed by atoms with Gasteiger partial charge in [0.15, 0.2) is 0 Å². The van der Waals surface area contributed by atoms with Crippen LogP contribution in [0.1, 0.15) is 11.1 Å². The third-order valence-corrected chi connectivity index (χ3v) is 3.17. The standard InChI is InChI=1S/C18H17N3O2/c1-12-4-3-5-15(8-12)21-18(23)14(10-19)11-20-16-9-13(2)6-7-17(16)22/h3-9,11,20,22H,1-2H3,(H,21,23)/b14-11-. The molecule has 3 N–H and O–H groups in total. The molecule has 2 rings (SSSR count). The summed E-state index contributed by atoms with van der Waals surface area (Å²) in [6.07, 6.45) is 1.28. The summed E-state index contributed by atoms with van der Waals surface area (Å²) in [5.74, 6) is -0.471. The van der Waals surface area contributed by atoms with Crippen molar-refractivity contribution >= 4 is 17.3 Å². The molecule has 0 saturated carbocycles. The number of carbonyl (C=O) groups excluding carboxylic acids is 1. The van der Waals surface area contributed by atoms with Gasteiger partial charge in [-0.05, 0) is 49.2 Å². The molecular formula is C18H17N3O2. The quantitative estimate of drug-likeness (QED) is 0.459. The van der Waals surface area contributed by atoms with E-state index in [2.05, 4.69) is 10.6 Å². The molecule has 0 spiro atoms. The zero-order valence-electron chi connectivity index (χ0n) is 12.9. The van der Waals surface area contributed by atoms with E-state index in [1.165, 1.54) is 6.20 Å². The number of rotatable bonds is 4. The number of nitriles is 1. The predicted octanol–water partition coefficient (Wildman–Crippen LogP) is 3.47. The van der Waals surface area contributed by atoms with Crippen LogP contribution in [0.5, 0.6) is 5.75 Å². The Bertz CT molecular complexity index is 804. The monoisotopic (exact) mass is 307 g/mol. The molecule has 0 aromatic heterocycles. The SMILES string of the molecule is Cc1cccc(NC(=O)/C(C#N)=C\Nc2cc(C)ccc2O)c1. The molecule has 0 atom stereocenters. The summed E-state index contributed by atoms with van der Waals surface area (Å²) in [6, 6.07) is 14.2. The molecule has 0 unspecified atom stereocenters. The first-order valence-electron chi connectivity index (χ1n) is 7.04. The van der Waals surface area contributed by atoms with Gasteiger partial charge in [-0.15, -0.1) is 0 Å². The summed E-state index contributed by atoms with van der Waals surface area (Å²) in [5, 5.41) is 24.4. The lowest BCUT2D eigenvalue weighted by molar-refractivity contribution is -0.112. The van der Waals surface area contributed by atoms with Gasteiger partial charge in [-0.25, -0.2) is 0 Å². The Labute approximate surface area is 134 Å². The molecular weight excluding hydrogens is 290 g/mol. The Morgan fingerprint density at radius 2 is 1.91 bits per heavy atom. The average molecular weight is 307 g/mol. The van der Waals surface area contributed by atoms with E-state index in [0.29, 0.717) is 11.4 Å². The smallest absolute Gasteiger partial charge is 0.267 e. The fourth-order valence-electron chi connectivity index (χ4n) is 1.99. The molecule has 116 valence electrons. The molecule has 2 aromatic rings. The molecule has 2 aromatic carbocycles. The second-order valence-corrected chi connectivity index (χ2v) is 5.16. The van der Waals surface area contributed by atoms with Crippen LogP contribution in [-0.2, 0) is 4.79 Å². The molecule has 23 heavy (non-hydrogen) atoms. The van der Waals surface area contributed by atoms with E-state index < -0.39 is 5.91 Å². The van der Waals surface area contributed by atoms with Crippen molar-refractivity contribution in [2.24, 2.45) is 0 Å². The van der Waals surface area contributed by atoms with E-state index in [4.69, 9.17) is 5.26 Å². The van der Waals surface area contributed by atoms with E-state index in [1.54, 1.807) is 24.3 Å². The molecule has 0 aliphatic carbocycles. The number of aryl methyl sites for hydroxylation is 2. The first kappa shape index (κ1) is 16.1. The molecule has 0 aliphatic rings. The molecule has 0 fully saturated rings. The van der Waals surface area contributed by atoms with E-state index in [9.17, 15) is 9.90 Å². The van der Waals surface area contributed by atoms with Gasteiger partial charge in [0, 0.05) is 11.9 Å². The Morgan fingerprint density at radius 3 is 2.61 bits per heavy atom. The molecule has 0 heterocycles. The number of benzene rings is 2. The number of amides is 1. The van der Waals surface area contributed by atoms with Gasteiger partial charge < -0.3 is 15.7 Å². The second-order valence-electron chi connectivity index (χ2n) is 5.16. The topological polar surface area (TPSA) is 85.2 Å². The summed E-state index contributed by atoms with van der Waals surface area (Å²) < 4.78 is 0. The lowest BCUT2D eigenvalue weighted by atomic mass is 10.2. The Hall–Kier alpha value is -3.26. The maximum atomic E-state index is 12.1. The largest absolute Gasteiger partial charge is 0.506 e. The minimum Gasteiger partial charge on any atom is -0.506 e. The first-order valence-corrected chi connectivity index (χ1v) is 7.04. The third kappa shape index (κ3) is 4.35. The molecule has 0 bridgehead atoms. The van der Waals surface area contributed by atoms with Crippen LogP contribution in [0.4, 0.5) is 11.4 Å². The van der Waals surface area contributed by atoms with Crippen molar-refractivity contribution in [3.63, 3.8) is 0 Å². The second kappa shape index (κ2) is 7.14. The summed E-state index contributed by atoms with van der Waals surface area (Å²) in [6.45, 7) is 3.79. The van der Waals surface area contributed by atoms with Crippen LogP contribution in [0.15, 0.2) is 54.2 Å².